The van der Waals surface area contributed by atoms with Crippen LogP contribution in [0.1, 0.15) is 22.3 Å². The lowest BCUT2D eigenvalue weighted by Crippen LogP contribution is -2.21. The molecule has 4 rings (SSSR count). The van der Waals surface area contributed by atoms with Gasteiger partial charge in [0, 0.05) is 10.6 Å². The van der Waals surface area contributed by atoms with Gasteiger partial charge in [0.15, 0.2) is 18.1 Å². The van der Waals surface area contributed by atoms with Gasteiger partial charge in [0.2, 0.25) is 0 Å². The molecule has 0 aromatic heterocycles. The Kier molecular flexibility index (Phi) is 6.93. The number of rotatable bonds is 6. The number of ether oxygens (including phenoxy) is 2. The number of carbonyl (C=O) groups is 2. The summed E-state index contributed by atoms with van der Waals surface area (Å²) in [5.41, 5.74) is 5.57. The predicted molar refractivity (Wildman–Crippen MR) is 137 cm³/mol. The second-order valence-corrected chi connectivity index (χ2v) is 9.17. The molecular formula is C27H26N2O4S. The highest BCUT2D eigenvalue weighted by atomic mass is 32.2. The molecular weight excluding hydrogens is 448 g/mol. The van der Waals surface area contributed by atoms with E-state index in [-0.39, 0.29) is 18.4 Å². The van der Waals surface area contributed by atoms with E-state index >= 15 is 0 Å². The Morgan fingerprint density at radius 2 is 1.76 bits per heavy atom. The van der Waals surface area contributed by atoms with Gasteiger partial charge >= 0.3 is 0 Å². The molecule has 3 aromatic rings. The summed E-state index contributed by atoms with van der Waals surface area (Å²) >= 11 is 1.42. The summed E-state index contributed by atoms with van der Waals surface area (Å²) in [7, 11) is 1.54. The lowest BCUT2D eigenvalue weighted by atomic mass is 10.1. The van der Waals surface area contributed by atoms with Gasteiger partial charge in [-0.25, -0.2) is 0 Å². The van der Waals surface area contributed by atoms with Gasteiger partial charge in [0.1, 0.15) is 0 Å². The van der Waals surface area contributed by atoms with E-state index in [0.29, 0.717) is 16.4 Å². The zero-order valence-electron chi connectivity index (χ0n) is 19.5. The normalized spacial score (nSPS) is 13.8. The van der Waals surface area contributed by atoms with E-state index < -0.39 is 0 Å². The molecule has 0 saturated heterocycles. The molecule has 0 saturated carbocycles. The number of para-hydroxylation sites is 1. The number of amides is 2. The van der Waals surface area contributed by atoms with E-state index in [1.165, 1.54) is 18.9 Å². The van der Waals surface area contributed by atoms with Crippen LogP contribution >= 0.6 is 11.8 Å². The predicted octanol–water partition coefficient (Wildman–Crippen LogP) is 5.72. The molecule has 1 aliphatic rings. The minimum absolute atomic E-state index is 0.152. The number of aryl methyl sites for hydroxylation is 3. The maximum atomic E-state index is 12.5. The average molecular weight is 475 g/mol. The third kappa shape index (κ3) is 5.26. The van der Waals surface area contributed by atoms with E-state index in [9.17, 15) is 9.59 Å². The molecule has 6 nitrogen and oxygen atoms in total. The fraction of sp³-hybridized carbons (Fsp3) is 0.185. The number of hydrogen-bond donors (Lipinski definition) is 2. The molecule has 1 heterocycles. The molecule has 0 atom stereocenters. The fourth-order valence-electron chi connectivity index (χ4n) is 3.84. The molecule has 2 amide bonds. The molecule has 0 bridgehead atoms. The Morgan fingerprint density at radius 3 is 2.50 bits per heavy atom. The molecule has 34 heavy (non-hydrogen) atoms. The largest absolute Gasteiger partial charge is 0.493 e. The van der Waals surface area contributed by atoms with Gasteiger partial charge < -0.3 is 20.1 Å². The van der Waals surface area contributed by atoms with Crippen LogP contribution < -0.4 is 20.1 Å². The summed E-state index contributed by atoms with van der Waals surface area (Å²) in [5.74, 6) is 0.522. The van der Waals surface area contributed by atoms with Crippen molar-refractivity contribution in [3.8, 4) is 11.5 Å². The van der Waals surface area contributed by atoms with Crippen molar-refractivity contribution < 1.29 is 19.1 Å². The van der Waals surface area contributed by atoms with Crippen LogP contribution in [0.4, 0.5) is 11.4 Å². The molecule has 0 fully saturated rings. The van der Waals surface area contributed by atoms with Crippen LogP contribution in [-0.4, -0.2) is 25.5 Å². The Balaban J connectivity index is 1.45. The lowest BCUT2D eigenvalue weighted by molar-refractivity contribution is -0.118. The van der Waals surface area contributed by atoms with Crippen LogP contribution in [0.3, 0.4) is 0 Å². The van der Waals surface area contributed by atoms with Gasteiger partial charge in [-0.15, -0.1) is 0 Å². The molecule has 174 valence electrons. The highest BCUT2D eigenvalue weighted by Crippen LogP contribution is 2.39. The van der Waals surface area contributed by atoms with Crippen LogP contribution in [0.15, 0.2) is 64.4 Å². The van der Waals surface area contributed by atoms with Crippen molar-refractivity contribution in [2.75, 3.05) is 24.4 Å². The summed E-state index contributed by atoms with van der Waals surface area (Å²) in [6, 6.07) is 17.1. The van der Waals surface area contributed by atoms with Crippen molar-refractivity contribution in [3.05, 3.63) is 81.8 Å². The number of methoxy groups -OCH3 is 1. The molecule has 2 N–H and O–H groups in total. The molecule has 1 aliphatic heterocycles. The van der Waals surface area contributed by atoms with Crippen molar-refractivity contribution in [2.45, 2.75) is 25.7 Å². The van der Waals surface area contributed by atoms with E-state index in [2.05, 4.69) is 10.6 Å². The van der Waals surface area contributed by atoms with Crippen LogP contribution in [-0.2, 0) is 9.59 Å². The number of fused-ring (bicyclic) bond motifs is 1. The van der Waals surface area contributed by atoms with Crippen LogP contribution in [0.2, 0.25) is 0 Å². The molecule has 0 unspecified atom stereocenters. The van der Waals surface area contributed by atoms with Crippen molar-refractivity contribution >= 4 is 41.0 Å². The Bertz CT molecular complexity index is 1280. The van der Waals surface area contributed by atoms with Crippen molar-refractivity contribution in [1.82, 2.24) is 0 Å². The van der Waals surface area contributed by atoms with Gasteiger partial charge in [-0.05, 0) is 67.8 Å². The minimum atomic E-state index is -0.253. The summed E-state index contributed by atoms with van der Waals surface area (Å²) in [5, 5.41) is 5.84. The van der Waals surface area contributed by atoms with Crippen LogP contribution in [0.25, 0.3) is 6.08 Å². The Labute approximate surface area is 203 Å². The number of thioether (sulfide) groups is 1. The van der Waals surface area contributed by atoms with Gasteiger partial charge in [-0.2, -0.15) is 0 Å². The highest BCUT2D eigenvalue weighted by Gasteiger charge is 2.20. The number of benzene rings is 3. The van der Waals surface area contributed by atoms with Gasteiger partial charge in [0.25, 0.3) is 11.8 Å². The first kappa shape index (κ1) is 23.4. The summed E-state index contributed by atoms with van der Waals surface area (Å²) in [6.45, 7) is 5.81. The highest BCUT2D eigenvalue weighted by molar-refractivity contribution is 8.04. The summed E-state index contributed by atoms with van der Waals surface area (Å²) < 4.78 is 11.2. The number of carbonyl (C=O) groups excluding carboxylic acids is 2. The fourth-order valence-corrected chi connectivity index (χ4v) is 4.79. The smallest absolute Gasteiger partial charge is 0.262 e. The standard InChI is InChI=1S/C27H26N2O4S/c1-16-11-17(2)26(18(3)12-16)29-25(30)15-33-21-10-9-19(13-22(21)32-4)14-24-27(31)28-20-7-5-6-8-23(20)34-24/h5-14H,15H2,1-4H3,(H,28,31)(H,29,30)/b24-14+. The molecule has 0 radical (unpaired) electrons. The third-order valence-corrected chi connectivity index (χ3v) is 6.46. The van der Waals surface area contributed by atoms with Crippen molar-refractivity contribution in [2.24, 2.45) is 0 Å². The Morgan fingerprint density at radius 1 is 1.03 bits per heavy atom. The number of anilines is 2. The van der Waals surface area contributed by atoms with E-state index in [1.54, 1.807) is 18.2 Å². The molecule has 0 aliphatic carbocycles. The molecule has 0 spiro atoms. The van der Waals surface area contributed by atoms with Crippen molar-refractivity contribution in [1.29, 1.82) is 0 Å². The van der Waals surface area contributed by atoms with Gasteiger partial charge in [-0.1, -0.05) is 47.7 Å². The van der Waals surface area contributed by atoms with Gasteiger partial charge in [-0.3, -0.25) is 9.59 Å². The lowest BCUT2D eigenvalue weighted by Gasteiger charge is -2.18. The van der Waals surface area contributed by atoms with E-state index in [1.807, 2.05) is 63.2 Å². The quantitative estimate of drug-likeness (QED) is 0.447. The zero-order valence-corrected chi connectivity index (χ0v) is 20.3. The van der Waals surface area contributed by atoms with Gasteiger partial charge in [0.05, 0.1) is 17.7 Å². The SMILES string of the molecule is COc1cc(/C=C2/Sc3ccccc3NC2=O)ccc1OCC(=O)Nc1c(C)cc(C)cc1C. The maximum absolute atomic E-state index is 12.5. The summed E-state index contributed by atoms with van der Waals surface area (Å²) in [6.07, 6.45) is 1.80. The summed E-state index contributed by atoms with van der Waals surface area (Å²) in [4.78, 5) is 26.6. The van der Waals surface area contributed by atoms with E-state index in [4.69, 9.17) is 9.47 Å². The molecule has 7 heteroatoms. The average Bonchev–Trinajstić information content (AvgIpc) is 2.81. The minimum Gasteiger partial charge on any atom is -0.493 e. The first-order valence-electron chi connectivity index (χ1n) is 10.8. The number of hydrogen-bond acceptors (Lipinski definition) is 5. The monoisotopic (exact) mass is 474 g/mol. The zero-order chi connectivity index (χ0) is 24.2. The topological polar surface area (TPSA) is 76.7 Å². The number of nitrogens with one attached hydrogen (secondary N) is 2. The Hall–Kier alpha value is -3.71. The van der Waals surface area contributed by atoms with Crippen LogP contribution in [0, 0.1) is 20.8 Å². The second kappa shape index (κ2) is 10.1. The first-order chi connectivity index (χ1) is 16.3. The maximum Gasteiger partial charge on any atom is 0.262 e. The third-order valence-electron chi connectivity index (χ3n) is 5.36. The molecule has 3 aromatic carbocycles. The first-order valence-corrected chi connectivity index (χ1v) is 11.6. The van der Waals surface area contributed by atoms with Crippen molar-refractivity contribution in [3.63, 3.8) is 0 Å². The second-order valence-electron chi connectivity index (χ2n) is 8.08. The van der Waals surface area contributed by atoms with Crippen LogP contribution in [0.5, 0.6) is 11.5 Å². The van der Waals surface area contributed by atoms with E-state index in [0.717, 1.165) is 38.5 Å².